The predicted octanol–water partition coefficient (Wildman–Crippen LogP) is 2.98. The number of ether oxygens (including phenoxy) is 2. The highest BCUT2D eigenvalue weighted by atomic mass is 19.4. The van der Waals surface area contributed by atoms with E-state index in [0.29, 0.717) is 0 Å². The maximum Gasteiger partial charge on any atom is 0.432 e. The van der Waals surface area contributed by atoms with Crippen LogP contribution in [0.15, 0.2) is 54.1 Å². The maximum atomic E-state index is 14.0. The van der Waals surface area contributed by atoms with Crippen LogP contribution >= 0.6 is 0 Å². The summed E-state index contributed by atoms with van der Waals surface area (Å²) >= 11 is 0. The number of hydrogen-bond acceptors (Lipinski definition) is 6. The zero-order chi connectivity index (χ0) is 23.7. The Kier molecular flexibility index (Phi) is 6.85. The lowest BCUT2D eigenvalue weighted by Gasteiger charge is -2.36. The number of methoxy groups -OCH3 is 1. The number of rotatable bonds is 6. The highest BCUT2D eigenvalue weighted by molar-refractivity contribution is 5.98. The second kappa shape index (κ2) is 8.57. The standard InChI is InChI=1S/C22H25F3O6/c1-19(2,28)11-10-15-12-16(26)17(13-20(15,3)29)31-18(27)21(30-4,22(23,24)25)14-8-6-5-7-9-14/h5-12,17,28-29H,13H2,1-4H3/b11-10+/t17-,20+,21+/m1/s1. The van der Waals surface area contributed by atoms with Gasteiger partial charge in [0.25, 0.3) is 5.60 Å². The van der Waals surface area contributed by atoms with Crippen molar-refractivity contribution in [1.82, 2.24) is 0 Å². The Morgan fingerprint density at radius 1 is 1.23 bits per heavy atom. The summed E-state index contributed by atoms with van der Waals surface area (Å²) in [5, 5.41) is 20.5. The Morgan fingerprint density at radius 2 is 1.81 bits per heavy atom. The van der Waals surface area contributed by atoms with E-state index in [1.54, 1.807) is 0 Å². The molecule has 0 spiro atoms. The quantitative estimate of drug-likeness (QED) is 0.658. The summed E-state index contributed by atoms with van der Waals surface area (Å²) in [6.45, 7) is 4.30. The fourth-order valence-electron chi connectivity index (χ4n) is 3.20. The molecule has 1 aromatic rings. The van der Waals surface area contributed by atoms with Gasteiger partial charge < -0.3 is 19.7 Å². The van der Waals surface area contributed by atoms with Crippen molar-refractivity contribution < 1.29 is 42.4 Å². The molecule has 31 heavy (non-hydrogen) atoms. The van der Waals surface area contributed by atoms with Gasteiger partial charge in [0, 0.05) is 19.1 Å². The van der Waals surface area contributed by atoms with Crippen molar-refractivity contribution in [3.8, 4) is 0 Å². The number of ketones is 1. The molecule has 0 radical (unpaired) electrons. The van der Waals surface area contributed by atoms with E-state index in [-0.39, 0.29) is 5.57 Å². The predicted molar refractivity (Wildman–Crippen MR) is 105 cm³/mol. The molecule has 3 atom stereocenters. The topological polar surface area (TPSA) is 93.1 Å². The van der Waals surface area contributed by atoms with Crippen LogP contribution in [-0.2, 0) is 24.7 Å². The molecule has 0 saturated carbocycles. The first-order valence-corrected chi connectivity index (χ1v) is 9.42. The van der Waals surface area contributed by atoms with E-state index in [1.165, 1.54) is 51.1 Å². The minimum Gasteiger partial charge on any atom is -0.451 e. The van der Waals surface area contributed by atoms with Gasteiger partial charge in [-0.3, -0.25) is 4.79 Å². The summed E-state index contributed by atoms with van der Waals surface area (Å²) in [4.78, 5) is 25.2. The molecule has 170 valence electrons. The van der Waals surface area contributed by atoms with Gasteiger partial charge >= 0.3 is 12.1 Å². The minimum atomic E-state index is -5.18. The normalized spacial score (nSPS) is 24.6. The maximum absolute atomic E-state index is 14.0. The number of halogens is 3. The molecule has 0 heterocycles. The second-order valence-electron chi connectivity index (χ2n) is 8.11. The van der Waals surface area contributed by atoms with Crippen molar-refractivity contribution in [2.75, 3.05) is 7.11 Å². The fourth-order valence-corrected chi connectivity index (χ4v) is 3.20. The third-order valence-corrected chi connectivity index (χ3v) is 4.91. The summed E-state index contributed by atoms with van der Waals surface area (Å²) in [5.41, 5.74) is -6.73. The van der Waals surface area contributed by atoms with Gasteiger partial charge in [0.15, 0.2) is 11.9 Å². The van der Waals surface area contributed by atoms with Gasteiger partial charge in [0.05, 0.1) is 11.2 Å². The lowest BCUT2D eigenvalue weighted by molar-refractivity contribution is -0.278. The molecule has 0 bridgehead atoms. The van der Waals surface area contributed by atoms with Gasteiger partial charge in [-0.15, -0.1) is 0 Å². The van der Waals surface area contributed by atoms with Gasteiger partial charge in [-0.25, -0.2) is 4.79 Å². The van der Waals surface area contributed by atoms with Crippen molar-refractivity contribution in [3.63, 3.8) is 0 Å². The average molecular weight is 442 g/mol. The number of aliphatic hydroxyl groups is 2. The molecule has 1 aromatic carbocycles. The smallest absolute Gasteiger partial charge is 0.432 e. The number of esters is 1. The van der Waals surface area contributed by atoms with Crippen LogP contribution in [0.1, 0.15) is 32.8 Å². The van der Waals surface area contributed by atoms with Crippen LogP contribution in [0.2, 0.25) is 0 Å². The van der Waals surface area contributed by atoms with Crippen molar-refractivity contribution in [3.05, 3.63) is 59.7 Å². The van der Waals surface area contributed by atoms with Crippen LogP contribution in [-0.4, -0.2) is 52.6 Å². The van der Waals surface area contributed by atoms with Crippen molar-refractivity contribution in [2.24, 2.45) is 0 Å². The largest absolute Gasteiger partial charge is 0.451 e. The third-order valence-electron chi connectivity index (χ3n) is 4.91. The van der Waals surface area contributed by atoms with E-state index in [4.69, 9.17) is 4.74 Å². The number of hydrogen-bond donors (Lipinski definition) is 2. The first-order valence-electron chi connectivity index (χ1n) is 9.42. The van der Waals surface area contributed by atoms with Crippen LogP contribution in [0.3, 0.4) is 0 Å². The van der Waals surface area contributed by atoms with Gasteiger partial charge in [0.2, 0.25) is 0 Å². The Labute approximate surface area is 178 Å². The summed E-state index contributed by atoms with van der Waals surface area (Å²) < 4.78 is 51.6. The summed E-state index contributed by atoms with van der Waals surface area (Å²) in [7, 11) is 0.722. The summed E-state index contributed by atoms with van der Waals surface area (Å²) in [6, 6.07) is 6.22. The van der Waals surface area contributed by atoms with Crippen LogP contribution in [0.5, 0.6) is 0 Å². The molecule has 2 rings (SSSR count). The van der Waals surface area contributed by atoms with E-state index in [9.17, 15) is 33.0 Å². The zero-order valence-corrected chi connectivity index (χ0v) is 17.6. The number of carbonyl (C=O) groups excluding carboxylic acids is 2. The second-order valence-corrected chi connectivity index (χ2v) is 8.11. The zero-order valence-electron chi connectivity index (χ0n) is 17.6. The molecule has 1 aliphatic carbocycles. The summed E-state index contributed by atoms with van der Waals surface area (Å²) in [6.07, 6.45) is -3.63. The van der Waals surface area contributed by atoms with Gasteiger partial charge in [-0.2, -0.15) is 13.2 Å². The molecule has 0 saturated heterocycles. The number of alkyl halides is 3. The van der Waals surface area contributed by atoms with Crippen LogP contribution in [0.4, 0.5) is 13.2 Å². The van der Waals surface area contributed by atoms with Gasteiger partial charge in [-0.1, -0.05) is 42.5 Å². The Hall–Kier alpha value is -2.49. The SMILES string of the molecule is CO[C@](C(=O)O[C@@H]1C[C@](C)(O)C(/C=C/C(C)(C)O)=CC1=O)(c1ccccc1)C(F)(F)F. The van der Waals surface area contributed by atoms with E-state index < -0.39 is 52.8 Å². The lowest BCUT2D eigenvalue weighted by Crippen LogP contribution is -2.54. The summed E-state index contributed by atoms with van der Waals surface area (Å²) in [5.74, 6) is -2.61. The Morgan fingerprint density at radius 3 is 2.29 bits per heavy atom. The molecular formula is C22H25F3O6. The molecule has 1 aliphatic rings. The van der Waals surface area contributed by atoms with Crippen molar-refractivity contribution >= 4 is 11.8 Å². The molecule has 0 amide bonds. The number of carbonyl (C=O) groups is 2. The molecule has 9 heteroatoms. The van der Waals surface area contributed by atoms with E-state index in [0.717, 1.165) is 25.3 Å². The van der Waals surface area contributed by atoms with E-state index in [2.05, 4.69) is 4.74 Å². The first kappa shape index (κ1) is 24.8. The molecule has 6 nitrogen and oxygen atoms in total. The highest BCUT2D eigenvalue weighted by Gasteiger charge is 2.64. The van der Waals surface area contributed by atoms with Crippen LogP contribution in [0.25, 0.3) is 0 Å². The molecule has 2 N–H and O–H groups in total. The third kappa shape index (κ3) is 5.23. The van der Waals surface area contributed by atoms with E-state index in [1.807, 2.05) is 0 Å². The Balaban J connectivity index is 2.39. The highest BCUT2D eigenvalue weighted by Crippen LogP contribution is 2.43. The minimum absolute atomic E-state index is 0.129. The molecule has 0 aliphatic heterocycles. The molecule has 0 unspecified atom stereocenters. The number of benzene rings is 1. The van der Waals surface area contributed by atoms with E-state index >= 15 is 0 Å². The van der Waals surface area contributed by atoms with Crippen LogP contribution in [0, 0.1) is 0 Å². The molecule has 0 fully saturated rings. The first-order chi connectivity index (χ1) is 14.1. The average Bonchev–Trinajstić information content (AvgIpc) is 2.63. The lowest BCUT2D eigenvalue weighted by atomic mass is 9.81. The fraction of sp³-hybridized carbons (Fsp3) is 0.455. The Bertz CT molecular complexity index is 881. The van der Waals surface area contributed by atoms with Crippen LogP contribution < -0.4 is 0 Å². The molecule has 0 aromatic heterocycles. The van der Waals surface area contributed by atoms with Crippen molar-refractivity contribution in [2.45, 2.75) is 56.3 Å². The van der Waals surface area contributed by atoms with Gasteiger partial charge in [0.1, 0.15) is 0 Å². The van der Waals surface area contributed by atoms with Crippen molar-refractivity contribution in [1.29, 1.82) is 0 Å². The monoisotopic (exact) mass is 442 g/mol. The molecular weight excluding hydrogens is 417 g/mol. The van der Waals surface area contributed by atoms with Gasteiger partial charge in [-0.05, 0) is 32.4 Å².